The van der Waals surface area contributed by atoms with Gasteiger partial charge in [0.1, 0.15) is 41.9 Å². The van der Waals surface area contributed by atoms with Crippen LogP contribution in [0.2, 0.25) is 5.02 Å². The Balaban J connectivity index is 0.857. The smallest absolute Gasteiger partial charge is 0.411 e. The number of aryl methyl sites for hydroxylation is 1. The van der Waals surface area contributed by atoms with E-state index in [2.05, 4.69) is 35.0 Å². The molecule has 0 aliphatic carbocycles. The van der Waals surface area contributed by atoms with Crippen molar-refractivity contribution in [2.45, 2.75) is 75.1 Å². The van der Waals surface area contributed by atoms with Crippen molar-refractivity contribution in [3.05, 3.63) is 117 Å². The highest BCUT2D eigenvalue weighted by molar-refractivity contribution is 6.33. The number of fused-ring (bicyclic) bond motifs is 6. The van der Waals surface area contributed by atoms with Crippen LogP contribution in [-0.4, -0.2) is 89.8 Å². The number of epoxide rings is 1. The van der Waals surface area contributed by atoms with E-state index >= 15 is 0 Å². The fourth-order valence-electron chi connectivity index (χ4n) is 9.00. The number of aromatic nitrogens is 1. The highest BCUT2D eigenvalue weighted by atomic mass is 35.5. The monoisotopic (exact) mass is 822 g/mol. The Bertz CT molecular complexity index is 2420. The molecule has 3 saturated heterocycles. The molecule has 6 N–H and O–H groups in total. The van der Waals surface area contributed by atoms with Gasteiger partial charge in [0.05, 0.1) is 49.2 Å². The van der Waals surface area contributed by atoms with Gasteiger partial charge in [0.25, 0.3) is 0 Å². The number of aliphatic hydroxyl groups excluding tert-OH is 1. The Hall–Kier alpha value is -5.44. The fraction of sp³-hybridized carbons (Fsp3) is 0.356. The number of ether oxygens (including phenoxy) is 3. The molecular weight excluding hydrogens is 774 g/mol. The number of carbonyl (C=O) groups excluding carboxylic acids is 2. The molecule has 2 bridgehead atoms. The SMILES string of the molecule is COc1cc(NC(=O)CCCc2ccc(-c3ccccc3)c(NC(=O)OC3C[C@@H]4[C@H]5O[C@H]5[C@H](C3)[N+]4(C)C)c2)c(Cl)cc1CNC[C@H](O)c1ccc(O)c2[nH]c(=O)ccc12. The maximum atomic E-state index is 13.4. The van der Waals surface area contributed by atoms with Crippen molar-refractivity contribution < 1.29 is 38.5 Å². The minimum atomic E-state index is -0.944. The number of quaternary nitrogens is 1. The Kier molecular flexibility index (Phi) is 11.4. The van der Waals surface area contributed by atoms with Gasteiger partial charge in [-0.1, -0.05) is 60.1 Å². The minimum absolute atomic E-state index is 0.0822. The van der Waals surface area contributed by atoms with Gasteiger partial charge in [0.2, 0.25) is 11.5 Å². The van der Waals surface area contributed by atoms with Crippen molar-refractivity contribution in [1.29, 1.82) is 0 Å². The number of aromatic amines is 1. The maximum absolute atomic E-state index is 13.4. The van der Waals surface area contributed by atoms with E-state index in [-0.39, 0.29) is 54.0 Å². The maximum Gasteiger partial charge on any atom is 0.411 e. The van der Waals surface area contributed by atoms with Gasteiger partial charge in [-0.3, -0.25) is 14.9 Å². The molecule has 13 nitrogen and oxygen atoms in total. The molecule has 6 atom stereocenters. The standard InChI is InChI=1S/C45H48ClN5O8/c1-51(2)35-20-28(21-36(51)44-43(35)59-44)58-45(56)49-33-18-25(12-13-29(33)26-9-5-4-6-10-26)8-7-11-40(54)48-34-22-39(57-3)27(19-32(34)46)23-47-24-38(53)30-14-16-37(52)42-31(30)15-17-41(55)50-42/h4-6,9-10,12-19,22,28,35-36,38,43-44,47,53H,7-8,11,20-21,23-24H2,1-3H3,(H3-,48,49,50,52,54,55,56)/p+1/t28?,35-,36+,38-,43-,44+/m0/s1. The van der Waals surface area contributed by atoms with E-state index in [9.17, 15) is 24.6 Å². The number of carbonyl (C=O) groups is 2. The minimum Gasteiger partial charge on any atom is -0.506 e. The molecule has 3 fully saturated rings. The van der Waals surface area contributed by atoms with E-state index in [0.29, 0.717) is 64.6 Å². The lowest BCUT2D eigenvalue weighted by Gasteiger charge is -2.45. The highest BCUT2D eigenvalue weighted by Gasteiger charge is 2.70. The molecule has 0 saturated carbocycles. The molecule has 308 valence electrons. The zero-order valence-electron chi connectivity index (χ0n) is 33.2. The summed E-state index contributed by atoms with van der Waals surface area (Å²) < 4.78 is 18.4. The van der Waals surface area contributed by atoms with Crippen LogP contribution in [0.4, 0.5) is 16.2 Å². The number of hydrogen-bond donors (Lipinski definition) is 6. The van der Waals surface area contributed by atoms with Gasteiger partial charge in [-0.2, -0.15) is 0 Å². The summed E-state index contributed by atoms with van der Waals surface area (Å²) >= 11 is 6.64. The number of phenols is 1. The van der Waals surface area contributed by atoms with Crippen LogP contribution in [0.5, 0.6) is 11.5 Å². The van der Waals surface area contributed by atoms with Gasteiger partial charge in [0, 0.05) is 61.0 Å². The number of nitrogens with one attached hydrogen (secondary N) is 4. The topological polar surface area (TPSA) is 175 Å². The number of likely N-dealkylation sites (N-methyl/N-ethyl adjacent to an activating group) is 1. The first-order chi connectivity index (χ1) is 28.4. The summed E-state index contributed by atoms with van der Waals surface area (Å²) in [5.41, 5.74) is 5.05. The largest absolute Gasteiger partial charge is 0.506 e. The Morgan fingerprint density at radius 1 is 0.966 bits per heavy atom. The zero-order chi connectivity index (χ0) is 41.4. The third-order valence-electron chi connectivity index (χ3n) is 12.1. The molecule has 14 heteroatoms. The number of pyridine rings is 1. The number of halogens is 1. The number of piperidine rings is 1. The van der Waals surface area contributed by atoms with Crippen LogP contribution in [0.25, 0.3) is 22.0 Å². The predicted octanol–water partition coefficient (Wildman–Crippen LogP) is 6.65. The van der Waals surface area contributed by atoms with Crippen molar-refractivity contribution in [2.75, 3.05) is 38.4 Å². The van der Waals surface area contributed by atoms with E-state index < -0.39 is 12.2 Å². The van der Waals surface area contributed by atoms with E-state index in [1.165, 1.54) is 19.2 Å². The van der Waals surface area contributed by atoms with Gasteiger partial charge in [-0.25, -0.2) is 4.79 Å². The third kappa shape index (κ3) is 8.52. The number of phenolic OH excluding ortho intramolecular Hbond substituents is 1. The molecule has 4 aromatic carbocycles. The van der Waals surface area contributed by atoms with Crippen molar-refractivity contribution in [1.82, 2.24) is 10.3 Å². The Morgan fingerprint density at radius 3 is 2.47 bits per heavy atom. The molecule has 0 spiro atoms. The number of methoxy groups -OCH3 is 1. The van der Waals surface area contributed by atoms with Gasteiger partial charge in [-0.15, -0.1) is 0 Å². The molecule has 5 aromatic rings. The van der Waals surface area contributed by atoms with E-state index in [1.54, 1.807) is 24.3 Å². The fourth-order valence-corrected chi connectivity index (χ4v) is 9.23. The second kappa shape index (κ2) is 16.7. The predicted molar refractivity (Wildman–Crippen MR) is 226 cm³/mol. The summed E-state index contributed by atoms with van der Waals surface area (Å²) in [7, 11) is 6.02. The number of H-pyrrole nitrogens is 1. The van der Waals surface area contributed by atoms with Crippen LogP contribution < -0.4 is 26.2 Å². The van der Waals surface area contributed by atoms with Crippen LogP contribution in [0.1, 0.15) is 48.5 Å². The molecule has 1 unspecified atom stereocenters. The van der Waals surface area contributed by atoms with E-state index in [1.807, 2.05) is 48.5 Å². The second-order valence-electron chi connectivity index (χ2n) is 16.2. The summed E-state index contributed by atoms with van der Waals surface area (Å²) in [6.45, 7) is 0.458. The number of morpholine rings is 1. The lowest BCUT2D eigenvalue weighted by atomic mass is 9.96. The number of hydrogen-bond acceptors (Lipinski definition) is 9. The van der Waals surface area contributed by atoms with Crippen LogP contribution in [0.3, 0.4) is 0 Å². The summed E-state index contributed by atoms with van der Waals surface area (Å²) in [4.78, 5) is 40.9. The van der Waals surface area contributed by atoms with Crippen molar-refractivity contribution in [3.8, 4) is 22.6 Å². The number of benzene rings is 4. The molecule has 2 amide bonds. The molecule has 4 heterocycles. The number of aromatic hydroxyl groups is 1. The van der Waals surface area contributed by atoms with E-state index in [4.69, 9.17) is 25.8 Å². The van der Waals surface area contributed by atoms with Crippen molar-refractivity contribution in [3.63, 3.8) is 0 Å². The first kappa shape index (κ1) is 40.3. The van der Waals surface area contributed by atoms with Crippen LogP contribution in [0, 0.1) is 0 Å². The number of anilines is 2. The molecule has 8 rings (SSSR count). The molecule has 3 aliphatic heterocycles. The highest BCUT2D eigenvalue weighted by Crippen LogP contribution is 2.51. The Morgan fingerprint density at radius 2 is 1.73 bits per heavy atom. The molecular formula is C45H49ClN5O8+. The summed E-state index contributed by atoms with van der Waals surface area (Å²) in [6.07, 6.45) is 1.91. The number of nitrogens with zero attached hydrogens (tertiary/aromatic N) is 1. The third-order valence-corrected chi connectivity index (χ3v) is 12.5. The Labute approximate surface area is 346 Å². The number of aliphatic hydroxyl groups is 1. The lowest BCUT2D eigenvalue weighted by Crippen LogP contribution is -2.60. The summed E-state index contributed by atoms with van der Waals surface area (Å²) in [6, 6.07) is 25.8. The normalized spacial score (nSPS) is 21.7. The second-order valence-corrected chi connectivity index (χ2v) is 16.6. The van der Waals surface area contributed by atoms with Crippen LogP contribution in [0.15, 0.2) is 89.7 Å². The first-order valence-corrected chi connectivity index (χ1v) is 20.3. The molecule has 1 aromatic heterocycles. The molecule has 59 heavy (non-hydrogen) atoms. The average Bonchev–Trinajstić information content (AvgIpc) is 3.98. The summed E-state index contributed by atoms with van der Waals surface area (Å²) in [5.74, 6) is 0.210. The number of rotatable bonds is 14. The van der Waals surface area contributed by atoms with E-state index in [0.717, 1.165) is 39.6 Å². The van der Waals surface area contributed by atoms with Gasteiger partial charge in [-0.05, 0) is 53.8 Å². The van der Waals surface area contributed by atoms with Gasteiger partial charge >= 0.3 is 6.09 Å². The van der Waals surface area contributed by atoms with Crippen molar-refractivity contribution in [2.24, 2.45) is 0 Å². The molecule has 3 aliphatic rings. The zero-order valence-corrected chi connectivity index (χ0v) is 33.9. The quantitative estimate of drug-likeness (QED) is 0.0529. The molecule has 0 radical (unpaired) electrons. The van der Waals surface area contributed by atoms with Crippen molar-refractivity contribution >= 4 is 45.9 Å². The average molecular weight is 823 g/mol. The lowest BCUT2D eigenvalue weighted by molar-refractivity contribution is -0.938. The van der Waals surface area contributed by atoms with Gasteiger partial charge < -0.3 is 44.5 Å². The number of amides is 2. The van der Waals surface area contributed by atoms with Crippen LogP contribution >= 0.6 is 11.6 Å². The summed E-state index contributed by atoms with van der Waals surface area (Å²) in [5, 5.41) is 31.2. The first-order valence-electron chi connectivity index (χ1n) is 19.9. The van der Waals surface area contributed by atoms with Crippen LogP contribution in [-0.2, 0) is 27.2 Å². The van der Waals surface area contributed by atoms with Gasteiger partial charge in [0.15, 0.2) is 0 Å².